The van der Waals surface area contributed by atoms with Crippen molar-refractivity contribution in [2.75, 3.05) is 24.7 Å². The Hall–Kier alpha value is -2.91. The van der Waals surface area contributed by atoms with Crippen LogP contribution in [0.1, 0.15) is 31.1 Å². The van der Waals surface area contributed by atoms with Gasteiger partial charge in [-0.05, 0) is 63.2 Å². The van der Waals surface area contributed by atoms with Gasteiger partial charge in [-0.25, -0.2) is 17.5 Å². The molecule has 2 aromatic rings. The second kappa shape index (κ2) is 8.62. The van der Waals surface area contributed by atoms with E-state index in [1.165, 1.54) is 44.4 Å². The van der Waals surface area contributed by atoms with Crippen molar-refractivity contribution < 1.29 is 22.7 Å². The maximum atomic E-state index is 12.5. The molecule has 0 aliphatic rings. The van der Waals surface area contributed by atoms with E-state index < -0.39 is 27.6 Å². The summed E-state index contributed by atoms with van der Waals surface area (Å²) < 4.78 is 30.5. The van der Waals surface area contributed by atoms with Gasteiger partial charge in [0.25, 0.3) is 5.91 Å². The van der Waals surface area contributed by atoms with Crippen molar-refractivity contribution in [1.82, 2.24) is 4.31 Å². The highest BCUT2D eigenvalue weighted by Crippen LogP contribution is 2.18. The van der Waals surface area contributed by atoms with Crippen LogP contribution in [0, 0.1) is 0 Å². The Morgan fingerprint density at radius 3 is 2.10 bits per heavy atom. The van der Waals surface area contributed by atoms with Gasteiger partial charge in [-0.15, -0.1) is 0 Å². The van der Waals surface area contributed by atoms with Gasteiger partial charge in [0.15, 0.2) is 0 Å². The molecular formula is C20H25N3O5S. The molecule has 2 rings (SSSR count). The van der Waals surface area contributed by atoms with Gasteiger partial charge < -0.3 is 10.1 Å². The molecule has 0 heterocycles. The number of nitrogens with zero attached hydrogens (tertiary/aromatic N) is 1. The molecule has 29 heavy (non-hydrogen) atoms. The summed E-state index contributed by atoms with van der Waals surface area (Å²) in [6, 6.07) is 12.3. The van der Waals surface area contributed by atoms with Crippen molar-refractivity contribution in [2.45, 2.75) is 31.3 Å². The molecule has 0 unspecified atom stereocenters. The van der Waals surface area contributed by atoms with E-state index in [2.05, 4.69) is 10.6 Å². The Balaban J connectivity index is 2.09. The molecule has 0 saturated carbocycles. The monoisotopic (exact) mass is 419 g/mol. The third kappa shape index (κ3) is 6.30. The van der Waals surface area contributed by atoms with E-state index in [1.807, 2.05) is 0 Å². The van der Waals surface area contributed by atoms with Crippen LogP contribution >= 0.6 is 0 Å². The molecule has 0 aromatic heterocycles. The minimum Gasteiger partial charge on any atom is -0.444 e. The number of nitrogens with one attached hydrogen (secondary N) is 2. The smallest absolute Gasteiger partial charge is 0.412 e. The Morgan fingerprint density at radius 2 is 1.55 bits per heavy atom. The third-order valence-electron chi connectivity index (χ3n) is 3.66. The van der Waals surface area contributed by atoms with Gasteiger partial charge in [0.1, 0.15) is 5.60 Å². The number of hydrogen-bond acceptors (Lipinski definition) is 5. The summed E-state index contributed by atoms with van der Waals surface area (Å²) in [4.78, 5) is 24.5. The number of rotatable bonds is 5. The number of ether oxygens (including phenoxy) is 1. The predicted molar refractivity (Wildman–Crippen MR) is 112 cm³/mol. The van der Waals surface area contributed by atoms with Gasteiger partial charge in [0, 0.05) is 31.0 Å². The van der Waals surface area contributed by atoms with Crippen LogP contribution in [0.25, 0.3) is 0 Å². The van der Waals surface area contributed by atoms with Gasteiger partial charge >= 0.3 is 6.09 Å². The van der Waals surface area contributed by atoms with Gasteiger partial charge in [-0.3, -0.25) is 10.1 Å². The Labute approximate surface area is 170 Å². The van der Waals surface area contributed by atoms with Crippen molar-refractivity contribution in [3.8, 4) is 0 Å². The van der Waals surface area contributed by atoms with Crippen molar-refractivity contribution >= 4 is 33.4 Å². The number of sulfonamides is 1. The fourth-order valence-corrected chi connectivity index (χ4v) is 3.19. The minimum absolute atomic E-state index is 0.129. The normalized spacial score (nSPS) is 11.8. The van der Waals surface area contributed by atoms with Crippen LogP contribution in [0.5, 0.6) is 0 Å². The van der Waals surface area contributed by atoms with Crippen LogP contribution in [0.3, 0.4) is 0 Å². The zero-order valence-electron chi connectivity index (χ0n) is 17.0. The first-order valence-electron chi connectivity index (χ1n) is 8.82. The Morgan fingerprint density at radius 1 is 0.931 bits per heavy atom. The zero-order chi connectivity index (χ0) is 21.8. The lowest BCUT2D eigenvalue weighted by Crippen LogP contribution is -2.27. The molecule has 0 bridgehead atoms. The quantitative estimate of drug-likeness (QED) is 0.771. The summed E-state index contributed by atoms with van der Waals surface area (Å²) in [5.74, 6) is -0.402. The maximum absolute atomic E-state index is 12.5. The molecule has 0 radical (unpaired) electrons. The largest absolute Gasteiger partial charge is 0.444 e. The van der Waals surface area contributed by atoms with E-state index in [0.29, 0.717) is 16.9 Å². The van der Waals surface area contributed by atoms with E-state index >= 15 is 0 Å². The highest BCUT2D eigenvalue weighted by molar-refractivity contribution is 7.89. The van der Waals surface area contributed by atoms with E-state index in [4.69, 9.17) is 4.74 Å². The molecule has 0 spiro atoms. The lowest BCUT2D eigenvalue weighted by Gasteiger charge is -2.19. The fraction of sp³-hybridized carbons (Fsp3) is 0.300. The summed E-state index contributed by atoms with van der Waals surface area (Å²) in [5, 5.41) is 5.27. The van der Waals surface area contributed by atoms with E-state index in [0.717, 1.165) is 4.31 Å². The number of amides is 2. The lowest BCUT2D eigenvalue weighted by atomic mass is 10.2. The highest BCUT2D eigenvalue weighted by Gasteiger charge is 2.18. The molecule has 0 saturated heterocycles. The van der Waals surface area contributed by atoms with Crippen LogP contribution < -0.4 is 10.6 Å². The summed E-state index contributed by atoms with van der Waals surface area (Å²) in [6.07, 6.45) is -0.618. The first kappa shape index (κ1) is 22.4. The molecule has 2 N–H and O–H groups in total. The minimum atomic E-state index is -3.54. The van der Waals surface area contributed by atoms with Gasteiger partial charge in [-0.2, -0.15) is 0 Å². The molecule has 8 nitrogen and oxygen atoms in total. The number of hydrogen-bond donors (Lipinski definition) is 2. The van der Waals surface area contributed by atoms with Gasteiger partial charge in [-0.1, -0.05) is 6.07 Å². The molecule has 0 fully saturated rings. The first-order chi connectivity index (χ1) is 13.4. The maximum Gasteiger partial charge on any atom is 0.412 e. The number of carbonyl (C=O) groups is 2. The Kier molecular flexibility index (Phi) is 6.66. The van der Waals surface area contributed by atoms with Crippen molar-refractivity contribution in [2.24, 2.45) is 0 Å². The predicted octanol–water partition coefficient (Wildman–Crippen LogP) is 3.54. The zero-order valence-corrected chi connectivity index (χ0v) is 17.8. The standard InChI is InChI=1S/C20H25N3O5S/c1-20(2,3)28-19(25)22-16-8-6-7-14(13-16)18(24)21-15-9-11-17(12-10-15)29(26,27)23(4)5/h6-13H,1-5H3,(H,21,24)(H,22,25). The average Bonchev–Trinajstić information content (AvgIpc) is 2.60. The molecule has 2 aromatic carbocycles. The second-order valence-corrected chi connectivity index (χ2v) is 9.63. The van der Waals surface area contributed by atoms with Crippen LogP contribution in [0.2, 0.25) is 0 Å². The highest BCUT2D eigenvalue weighted by atomic mass is 32.2. The summed E-state index contributed by atoms with van der Waals surface area (Å²) >= 11 is 0. The van der Waals surface area contributed by atoms with Crippen LogP contribution in [0.4, 0.5) is 16.2 Å². The summed E-state index contributed by atoms with van der Waals surface area (Å²) in [7, 11) is -0.641. The Bertz CT molecular complexity index is 994. The van der Waals surface area contributed by atoms with Crippen LogP contribution in [0.15, 0.2) is 53.4 Å². The summed E-state index contributed by atoms with van der Waals surface area (Å²) in [6.45, 7) is 5.27. The van der Waals surface area contributed by atoms with Crippen molar-refractivity contribution in [1.29, 1.82) is 0 Å². The fourth-order valence-electron chi connectivity index (χ4n) is 2.28. The third-order valence-corrected chi connectivity index (χ3v) is 5.49. The number of anilines is 2. The molecule has 0 aliphatic heterocycles. The van der Waals surface area contributed by atoms with Crippen LogP contribution in [-0.2, 0) is 14.8 Å². The number of benzene rings is 2. The van der Waals surface area contributed by atoms with Gasteiger partial charge in [0.05, 0.1) is 4.90 Å². The van der Waals surface area contributed by atoms with E-state index in [-0.39, 0.29) is 4.90 Å². The SMILES string of the molecule is CN(C)S(=O)(=O)c1ccc(NC(=O)c2cccc(NC(=O)OC(C)(C)C)c2)cc1. The van der Waals surface area contributed by atoms with Gasteiger partial charge in [0.2, 0.25) is 10.0 Å². The second-order valence-electron chi connectivity index (χ2n) is 7.47. The summed E-state index contributed by atoms with van der Waals surface area (Å²) in [5.41, 5.74) is 0.548. The lowest BCUT2D eigenvalue weighted by molar-refractivity contribution is 0.0635. The van der Waals surface area contributed by atoms with E-state index in [1.54, 1.807) is 39.0 Å². The molecule has 0 aliphatic carbocycles. The number of carbonyl (C=O) groups excluding carboxylic acids is 2. The molecule has 9 heteroatoms. The van der Waals surface area contributed by atoms with Crippen molar-refractivity contribution in [3.05, 3.63) is 54.1 Å². The molecule has 156 valence electrons. The van der Waals surface area contributed by atoms with Crippen LogP contribution in [-0.4, -0.2) is 44.4 Å². The molecule has 2 amide bonds. The average molecular weight is 420 g/mol. The first-order valence-corrected chi connectivity index (χ1v) is 10.3. The molecular weight excluding hydrogens is 394 g/mol. The molecule has 0 atom stereocenters. The topological polar surface area (TPSA) is 105 Å². The van der Waals surface area contributed by atoms with E-state index in [9.17, 15) is 18.0 Å². The van der Waals surface area contributed by atoms with Crippen molar-refractivity contribution in [3.63, 3.8) is 0 Å².